The molecule has 2 aromatic carbocycles. The second kappa shape index (κ2) is 8.45. The van der Waals surface area contributed by atoms with Crippen LogP contribution in [0.4, 0.5) is 22.7 Å². The largest absolute Gasteiger partial charge is 0.459 e. The number of amides is 1. The Labute approximate surface area is 160 Å². The fourth-order valence-electron chi connectivity index (χ4n) is 2.97. The van der Waals surface area contributed by atoms with E-state index in [4.69, 9.17) is 4.42 Å². The van der Waals surface area contributed by atoms with Crippen molar-refractivity contribution in [1.82, 2.24) is 0 Å². The Bertz CT molecular complexity index is 882. The van der Waals surface area contributed by atoms with Crippen LogP contribution in [0.25, 0.3) is 0 Å². The lowest BCUT2D eigenvalue weighted by Crippen LogP contribution is -2.21. The average Bonchev–Trinajstić information content (AvgIpc) is 3.21. The van der Waals surface area contributed by atoms with Gasteiger partial charge in [0.15, 0.2) is 5.76 Å². The first-order chi connectivity index (χ1) is 13.1. The van der Waals surface area contributed by atoms with Crippen molar-refractivity contribution >= 4 is 28.7 Å². The van der Waals surface area contributed by atoms with Crippen LogP contribution < -0.4 is 15.5 Å². The van der Waals surface area contributed by atoms with Gasteiger partial charge in [-0.2, -0.15) is 0 Å². The van der Waals surface area contributed by atoms with E-state index in [1.807, 2.05) is 24.3 Å². The van der Waals surface area contributed by atoms with Gasteiger partial charge in [-0.05, 0) is 80.9 Å². The van der Waals surface area contributed by atoms with Gasteiger partial charge < -0.3 is 20.0 Å². The number of aryl methyl sites for hydroxylation is 1. The molecule has 0 saturated heterocycles. The summed E-state index contributed by atoms with van der Waals surface area (Å²) in [6, 6.07) is 17.4. The van der Waals surface area contributed by atoms with Crippen LogP contribution >= 0.6 is 0 Å². The fraction of sp³-hybridized carbons (Fsp3) is 0.227. The van der Waals surface area contributed by atoms with Gasteiger partial charge in [-0.3, -0.25) is 4.79 Å². The molecule has 0 radical (unpaired) electrons. The first kappa shape index (κ1) is 18.6. The molecule has 2 N–H and O–H groups in total. The van der Waals surface area contributed by atoms with Crippen LogP contribution in [0.5, 0.6) is 0 Å². The molecule has 0 unspecified atom stereocenters. The average molecular weight is 363 g/mol. The van der Waals surface area contributed by atoms with Gasteiger partial charge in [0.2, 0.25) is 0 Å². The third-order valence-electron chi connectivity index (χ3n) is 4.51. The van der Waals surface area contributed by atoms with E-state index < -0.39 is 0 Å². The van der Waals surface area contributed by atoms with E-state index in [1.165, 1.54) is 17.5 Å². The highest BCUT2D eigenvalue weighted by Crippen LogP contribution is 2.26. The van der Waals surface area contributed by atoms with Crippen molar-refractivity contribution in [2.75, 3.05) is 28.6 Å². The third kappa shape index (κ3) is 4.50. The molecule has 0 aliphatic carbocycles. The van der Waals surface area contributed by atoms with Gasteiger partial charge >= 0.3 is 0 Å². The number of furan rings is 1. The Morgan fingerprint density at radius 2 is 1.70 bits per heavy atom. The van der Waals surface area contributed by atoms with Crippen molar-refractivity contribution in [2.24, 2.45) is 0 Å². The Balaban J connectivity index is 1.67. The minimum absolute atomic E-state index is 0.261. The van der Waals surface area contributed by atoms with Crippen molar-refractivity contribution in [3.8, 4) is 0 Å². The summed E-state index contributed by atoms with van der Waals surface area (Å²) in [5.74, 6) is 0.0321. The number of nitrogens with one attached hydrogen (secondary N) is 2. The highest BCUT2D eigenvalue weighted by molar-refractivity contribution is 6.02. The fourth-order valence-corrected chi connectivity index (χ4v) is 2.97. The highest BCUT2D eigenvalue weighted by atomic mass is 16.3. The van der Waals surface area contributed by atoms with Crippen LogP contribution in [0.2, 0.25) is 0 Å². The van der Waals surface area contributed by atoms with Crippen LogP contribution in [-0.4, -0.2) is 19.0 Å². The van der Waals surface area contributed by atoms with Gasteiger partial charge in [-0.25, -0.2) is 0 Å². The lowest BCUT2D eigenvalue weighted by atomic mass is 10.1. The molecular weight excluding hydrogens is 338 g/mol. The van der Waals surface area contributed by atoms with E-state index in [0.717, 1.165) is 30.2 Å². The molecule has 3 aromatic rings. The number of benzene rings is 2. The van der Waals surface area contributed by atoms with Gasteiger partial charge in [-0.15, -0.1) is 0 Å². The van der Waals surface area contributed by atoms with Crippen molar-refractivity contribution in [2.45, 2.75) is 20.8 Å². The van der Waals surface area contributed by atoms with Crippen molar-refractivity contribution in [3.63, 3.8) is 0 Å². The van der Waals surface area contributed by atoms with Crippen LogP contribution in [0, 0.1) is 6.92 Å². The summed E-state index contributed by atoms with van der Waals surface area (Å²) in [5, 5.41) is 6.25. The quantitative estimate of drug-likeness (QED) is 0.588. The summed E-state index contributed by atoms with van der Waals surface area (Å²) in [7, 11) is 0. The van der Waals surface area contributed by atoms with Crippen LogP contribution in [-0.2, 0) is 0 Å². The molecule has 0 spiro atoms. The van der Waals surface area contributed by atoms with Crippen LogP contribution in [0.3, 0.4) is 0 Å². The molecule has 27 heavy (non-hydrogen) atoms. The maximum Gasteiger partial charge on any atom is 0.291 e. The van der Waals surface area contributed by atoms with E-state index >= 15 is 0 Å². The molecule has 0 aliphatic heterocycles. The molecule has 0 aliphatic rings. The Morgan fingerprint density at radius 3 is 2.30 bits per heavy atom. The lowest BCUT2D eigenvalue weighted by molar-refractivity contribution is 0.0996. The van der Waals surface area contributed by atoms with Crippen LogP contribution in [0.1, 0.15) is 30.0 Å². The molecule has 0 bridgehead atoms. The highest BCUT2D eigenvalue weighted by Gasteiger charge is 2.09. The van der Waals surface area contributed by atoms with E-state index in [0.29, 0.717) is 5.76 Å². The normalized spacial score (nSPS) is 10.5. The van der Waals surface area contributed by atoms with E-state index in [9.17, 15) is 4.79 Å². The molecule has 0 saturated carbocycles. The van der Waals surface area contributed by atoms with Crippen LogP contribution in [0.15, 0.2) is 65.3 Å². The van der Waals surface area contributed by atoms with Gasteiger partial charge in [0.1, 0.15) is 0 Å². The molecule has 0 fully saturated rings. The molecule has 1 aromatic heterocycles. The smallest absolute Gasteiger partial charge is 0.291 e. The van der Waals surface area contributed by atoms with Gasteiger partial charge in [0, 0.05) is 35.8 Å². The minimum atomic E-state index is -0.261. The molecule has 5 nitrogen and oxygen atoms in total. The zero-order chi connectivity index (χ0) is 19.2. The van der Waals surface area contributed by atoms with E-state index in [1.54, 1.807) is 12.1 Å². The van der Waals surface area contributed by atoms with Gasteiger partial charge in [-0.1, -0.05) is 0 Å². The minimum Gasteiger partial charge on any atom is -0.459 e. The third-order valence-corrected chi connectivity index (χ3v) is 4.51. The number of anilines is 4. The molecule has 5 heteroatoms. The van der Waals surface area contributed by atoms with E-state index in [-0.39, 0.29) is 5.91 Å². The van der Waals surface area contributed by atoms with Gasteiger partial charge in [0.25, 0.3) is 5.91 Å². The zero-order valence-corrected chi connectivity index (χ0v) is 16.0. The number of nitrogens with zero attached hydrogens (tertiary/aromatic N) is 1. The maximum atomic E-state index is 12.0. The molecule has 3 rings (SSSR count). The topological polar surface area (TPSA) is 57.5 Å². The number of hydrogen-bond acceptors (Lipinski definition) is 4. The van der Waals surface area contributed by atoms with Gasteiger partial charge in [0.05, 0.1) is 6.26 Å². The standard InChI is InChI=1S/C22H25N3O2/c1-4-25(5-2)19-12-13-20(16(3)15-19)23-17-8-10-18(11-9-17)24-22(26)21-7-6-14-27-21/h6-15,23H,4-5H2,1-3H3,(H,24,26). The summed E-state index contributed by atoms with van der Waals surface area (Å²) in [6.45, 7) is 8.42. The Hall–Kier alpha value is -3.21. The van der Waals surface area contributed by atoms with Crippen molar-refractivity contribution in [3.05, 3.63) is 72.2 Å². The van der Waals surface area contributed by atoms with Crippen molar-refractivity contribution < 1.29 is 9.21 Å². The molecule has 140 valence electrons. The zero-order valence-electron chi connectivity index (χ0n) is 16.0. The lowest BCUT2D eigenvalue weighted by Gasteiger charge is -2.22. The maximum absolute atomic E-state index is 12.0. The molecule has 1 heterocycles. The number of hydrogen-bond donors (Lipinski definition) is 2. The predicted octanol–water partition coefficient (Wildman–Crippen LogP) is 5.43. The second-order valence-electron chi connectivity index (χ2n) is 6.31. The number of carbonyl (C=O) groups is 1. The summed E-state index contributed by atoms with van der Waals surface area (Å²) in [6.07, 6.45) is 1.48. The number of rotatable bonds is 7. The van der Waals surface area contributed by atoms with Crippen molar-refractivity contribution in [1.29, 1.82) is 0 Å². The Kier molecular flexibility index (Phi) is 5.81. The summed E-state index contributed by atoms with van der Waals surface area (Å²) in [5.41, 5.74) is 5.17. The molecule has 1 amide bonds. The summed E-state index contributed by atoms with van der Waals surface area (Å²) < 4.78 is 5.10. The number of carbonyl (C=O) groups excluding carboxylic acids is 1. The molecular formula is C22H25N3O2. The van der Waals surface area contributed by atoms with E-state index in [2.05, 4.69) is 54.5 Å². The SMILES string of the molecule is CCN(CC)c1ccc(Nc2ccc(NC(=O)c3ccco3)cc2)c(C)c1. The molecule has 0 atom stereocenters. The first-order valence-corrected chi connectivity index (χ1v) is 9.18. The first-order valence-electron chi connectivity index (χ1n) is 9.18. The summed E-state index contributed by atoms with van der Waals surface area (Å²) >= 11 is 0. The predicted molar refractivity (Wildman–Crippen MR) is 111 cm³/mol. The monoisotopic (exact) mass is 363 g/mol. The summed E-state index contributed by atoms with van der Waals surface area (Å²) in [4.78, 5) is 14.3. The second-order valence-corrected chi connectivity index (χ2v) is 6.31. The Morgan fingerprint density at radius 1 is 1.00 bits per heavy atom.